The highest BCUT2D eigenvalue weighted by Crippen LogP contribution is 2.30. The minimum absolute atomic E-state index is 0.121. The van der Waals surface area contributed by atoms with Crippen LogP contribution in [0.25, 0.3) is 17.1 Å². The minimum Gasteiger partial charge on any atom is -0.479 e. The number of hydrogen-bond donors (Lipinski definition) is 1. The highest BCUT2D eigenvalue weighted by molar-refractivity contribution is 5.65. The van der Waals surface area contributed by atoms with Crippen molar-refractivity contribution in [1.82, 2.24) is 24.7 Å². The van der Waals surface area contributed by atoms with Crippen molar-refractivity contribution in [3.8, 4) is 23.0 Å². The lowest BCUT2D eigenvalue weighted by atomic mass is 10.1. The second-order valence-corrected chi connectivity index (χ2v) is 7.57. The molecule has 0 amide bonds. The average Bonchev–Trinajstić information content (AvgIpc) is 3.23. The Kier molecular flexibility index (Phi) is 5.66. The Morgan fingerprint density at radius 3 is 2.42 bits per heavy atom. The molecule has 0 fully saturated rings. The van der Waals surface area contributed by atoms with Crippen molar-refractivity contribution >= 4 is 5.82 Å². The van der Waals surface area contributed by atoms with Crippen molar-refractivity contribution in [2.24, 2.45) is 0 Å². The molecule has 0 saturated heterocycles. The van der Waals surface area contributed by atoms with Crippen molar-refractivity contribution in [3.63, 3.8) is 0 Å². The topological polar surface area (TPSA) is 77.8 Å². The molecular weight excluding hydrogens is 388 g/mol. The molecule has 158 valence electrons. The monoisotopic (exact) mass is 414 g/mol. The van der Waals surface area contributed by atoms with Gasteiger partial charge in [-0.05, 0) is 56.5 Å². The number of ether oxygens (including phenoxy) is 1. The fraction of sp³-hybridized carbons (Fsp3) is 0.250. The molecule has 1 aromatic carbocycles. The first kappa shape index (κ1) is 20.5. The maximum atomic E-state index is 5.55. The van der Waals surface area contributed by atoms with E-state index in [1.807, 2.05) is 61.9 Å². The number of benzene rings is 1. The summed E-state index contributed by atoms with van der Waals surface area (Å²) in [6.07, 6.45) is 3.68. The molecule has 3 aromatic heterocycles. The lowest BCUT2D eigenvalue weighted by Gasteiger charge is -2.18. The second-order valence-electron chi connectivity index (χ2n) is 7.57. The third-order valence-corrected chi connectivity index (χ3v) is 5.44. The van der Waals surface area contributed by atoms with Gasteiger partial charge >= 0.3 is 0 Å². The van der Waals surface area contributed by atoms with Crippen LogP contribution in [0, 0.1) is 20.8 Å². The first-order valence-corrected chi connectivity index (χ1v) is 10.2. The van der Waals surface area contributed by atoms with Gasteiger partial charge in [-0.25, -0.2) is 9.97 Å². The van der Waals surface area contributed by atoms with Gasteiger partial charge in [0.15, 0.2) is 5.82 Å². The van der Waals surface area contributed by atoms with Crippen LogP contribution >= 0.6 is 0 Å². The van der Waals surface area contributed by atoms with Gasteiger partial charge < -0.3 is 14.6 Å². The van der Waals surface area contributed by atoms with Crippen LogP contribution in [0.15, 0.2) is 55.0 Å². The van der Waals surface area contributed by atoms with Crippen LogP contribution in [0.5, 0.6) is 5.88 Å². The van der Waals surface area contributed by atoms with E-state index in [0.717, 1.165) is 34.0 Å². The highest BCUT2D eigenvalue weighted by Gasteiger charge is 2.17. The van der Waals surface area contributed by atoms with Crippen LogP contribution in [0.1, 0.15) is 35.3 Å². The number of aryl methyl sites for hydroxylation is 1. The van der Waals surface area contributed by atoms with E-state index in [1.165, 1.54) is 5.56 Å². The van der Waals surface area contributed by atoms with Crippen LogP contribution in [-0.4, -0.2) is 31.8 Å². The summed E-state index contributed by atoms with van der Waals surface area (Å²) in [5, 5.41) is 12.4. The second kappa shape index (κ2) is 8.55. The van der Waals surface area contributed by atoms with E-state index in [4.69, 9.17) is 9.72 Å². The van der Waals surface area contributed by atoms with E-state index in [1.54, 1.807) is 13.4 Å². The number of rotatable bonds is 6. The van der Waals surface area contributed by atoms with Gasteiger partial charge in [0.05, 0.1) is 30.9 Å². The van der Waals surface area contributed by atoms with Gasteiger partial charge in [0.1, 0.15) is 11.4 Å². The minimum atomic E-state index is 0.121. The average molecular weight is 415 g/mol. The number of aromatic nitrogens is 5. The van der Waals surface area contributed by atoms with Crippen LogP contribution < -0.4 is 10.1 Å². The van der Waals surface area contributed by atoms with E-state index >= 15 is 0 Å². The number of nitrogens with one attached hydrogen (secondary N) is 1. The number of nitrogens with zero attached hydrogens (tertiary/aromatic N) is 5. The molecule has 0 spiro atoms. The van der Waals surface area contributed by atoms with Crippen molar-refractivity contribution in [2.45, 2.75) is 33.7 Å². The first-order chi connectivity index (χ1) is 15.0. The van der Waals surface area contributed by atoms with Crippen LogP contribution in [0.4, 0.5) is 5.82 Å². The summed E-state index contributed by atoms with van der Waals surface area (Å²) < 4.78 is 7.44. The molecule has 7 nitrogen and oxygen atoms in total. The predicted octanol–water partition coefficient (Wildman–Crippen LogP) is 4.83. The van der Waals surface area contributed by atoms with E-state index in [9.17, 15) is 0 Å². The smallest absolute Gasteiger partial charge is 0.238 e. The Balaban J connectivity index is 1.65. The van der Waals surface area contributed by atoms with Crippen LogP contribution in [0.2, 0.25) is 0 Å². The number of pyridine rings is 1. The number of hydrogen-bond acceptors (Lipinski definition) is 6. The molecule has 1 unspecified atom stereocenters. The zero-order valence-corrected chi connectivity index (χ0v) is 18.4. The first-order valence-electron chi connectivity index (χ1n) is 10.2. The highest BCUT2D eigenvalue weighted by atomic mass is 16.5. The molecule has 0 aliphatic rings. The number of methoxy groups -OCH3 is 1. The number of anilines is 1. The molecule has 0 saturated carbocycles. The molecule has 1 N–H and O–H groups in total. The Bertz CT molecular complexity index is 1200. The molecule has 4 rings (SSSR count). The Hall–Kier alpha value is -3.74. The van der Waals surface area contributed by atoms with Gasteiger partial charge in [0.2, 0.25) is 5.88 Å². The molecule has 4 aromatic rings. The normalized spacial score (nSPS) is 11.9. The zero-order chi connectivity index (χ0) is 22.0. The van der Waals surface area contributed by atoms with E-state index < -0.39 is 0 Å². The molecule has 3 heterocycles. The van der Waals surface area contributed by atoms with Gasteiger partial charge in [0.25, 0.3) is 0 Å². The molecule has 0 aliphatic heterocycles. The summed E-state index contributed by atoms with van der Waals surface area (Å²) in [5.41, 5.74) is 6.47. The fourth-order valence-electron chi connectivity index (χ4n) is 3.48. The lowest BCUT2D eigenvalue weighted by Crippen LogP contribution is -2.11. The maximum absolute atomic E-state index is 5.55. The third-order valence-electron chi connectivity index (χ3n) is 5.44. The molecule has 31 heavy (non-hydrogen) atoms. The SMILES string of the molecule is COc1nc(-c2nnc(NC(C)c3ccccc3)c(C)c2C)ccc1-n1cnc(C)c1. The van der Waals surface area contributed by atoms with Gasteiger partial charge in [-0.2, -0.15) is 0 Å². The van der Waals surface area contributed by atoms with Crippen molar-refractivity contribution in [2.75, 3.05) is 12.4 Å². The summed E-state index contributed by atoms with van der Waals surface area (Å²) >= 11 is 0. The fourth-order valence-corrected chi connectivity index (χ4v) is 3.48. The predicted molar refractivity (Wildman–Crippen MR) is 122 cm³/mol. The quantitative estimate of drug-likeness (QED) is 0.487. The molecular formula is C24H26N6O. The lowest BCUT2D eigenvalue weighted by molar-refractivity contribution is 0.396. The Morgan fingerprint density at radius 1 is 0.968 bits per heavy atom. The van der Waals surface area contributed by atoms with Crippen molar-refractivity contribution in [3.05, 3.63) is 77.4 Å². The van der Waals surface area contributed by atoms with Gasteiger partial charge in [-0.3, -0.25) is 0 Å². The van der Waals surface area contributed by atoms with Crippen LogP contribution in [0.3, 0.4) is 0 Å². The Morgan fingerprint density at radius 2 is 1.74 bits per heavy atom. The molecule has 1 atom stereocenters. The summed E-state index contributed by atoms with van der Waals surface area (Å²) in [7, 11) is 1.61. The van der Waals surface area contributed by atoms with E-state index in [2.05, 4.69) is 39.6 Å². The van der Waals surface area contributed by atoms with Crippen LogP contribution in [-0.2, 0) is 0 Å². The van der Waals surface area contributed by atoms with Crippen molar-refractivity contribution in [1.29, 1.82) is 0 Å². The summed E-state index contributed by atoms with van der Waals surface area (Å²) in [6, 6.07) is 14.3. The van der Waals surface area contributed by atoms with Crippen molar-refractivity contribution < 1.29 is 4.74 Å². The standard InChI is InChI=1S/C24H26N6O/c1-15-13-30(14-25-15)21-12-11-20(27-24(21)31-5)22-16(2)17(3)23(29-28-22)26-18(4)19-9-7-6-8-10-19/h6-14,18H,1-5H3,(H,26,29). The van der Waals surface area contributed by atoms with E-state index in [0.29, 0.717) is 11.6 Å². The maximum Gasteiger partial charge on any atom is 0.238 e. The summed E-state index contributed by atoms with van der Waals surface area (Å²) in [6.45, 7) is 8.15. The number of imidazole rings is 1. The Labute approximate surface area is 182 Å². The molecule has 0 radical (unpaired) electrons. The molecule has 0 aliphatic carbocycles. The van der Waals surface area contributed by atoms with E-state index in [-0.39, 0.29) is 6.04 Å². The van der Waals surface area contributed by atoms with Gasteiger partial charge in [-0.1, -0.05) is 30.3 Å². The largest absolute Gasteiger partial charge is 0.479 e. The molecule has 0 bridgehead atoms. The molecule has 7 heteroatoms. The van der Waals surface area contributed by atoms with Gasteiger partial charge in [-0.15, -0.1) is 10.2 Å². The summed E-state index contributed by atoms with van der Waals surface area (Å²) in [4.78, 5) is 8.97. The third kappa shape index (κ3) is 4.12. The zero-order valence-electron chi connectivity index (χ0n) is 18.4. The summed E-state index contributed by atoms with van der Waals surface area (Å²) in [5.74, 6) is 1.28. The van der Waals surface area contributed by atoms with Gasteiger partial charge in [0, 0.05) is 6.20 Å².